The van der Waals surface area contributed by atoms with E-state index in [0.717, 1.165) is 5.56 Å². The number of Topliss-reactive ketones (excluding diaryl/α,β-unsaturated/α-hetero) is 1. The molecule has 0 radical (unpaired) electrons. The number of aryl methyl sites for hydroxylation is 1. The lowest BCUT2D eigenvalue weighted by atomic mass is 10.0. The third-order valence-corrected chi connectivity index (χ3v) is 5.64. The molecule has 0 aliphatic rings. The fourth-order valence-corrected chi connectivity index (χ4v) is 3.89. The molecule has 0 aliphatic carbocycles. The Bertz CT molecular complexity index is 1390. The van der Waals surface area contributed by atoms with Crippen LogP contribution in [0.1, 0.15) is 53.9 Å². The number of nitrogens with two attached hydrogens (primary N) is 2. The lowest BCUT2D eigenvalue weighted by molar-refractivity contribution is 0.0760. The van der Waals surface area contributed by atoms with Crippen molar-refractivity contribution in [1.82, 2.24) is 39.7 Å². The lowest BCUT2D eigenvalue weighted by Gasteiger charge is -2.25. The summed E-state index contributed by atoms with van der Waals surface area (Å²) in [7, 11) is 0. The van der Waals surface area contributed by atoms with E-state index >= 15 is 0 Å². The third-order valence-electron chi connectivity index (χ3n) is 5.64. The molecular formula is C23H26N10O2. The molecule has 0 saturated carbocycles. The molecule has 4 heterocycles. The maximum absolute atomic E-state index is 12.9. The number of nitrogens with one attached hydrogen (secondary N) is 1. The number of carbonyl (C=O) groups is 2. The number of ketones is 1. The minimum Gasteiger partial charge on any atom is -0.384 e. The van der Waals surface area contributed by atoms with Crippen LogP contribution in [0.15, 0.2) is 43.1 Å². The van der Waals surface area contributed by atoms with Gasteiger partial charge in [-0.2, -0.15) is 14.7 Å². The van der Waals surface area contributed by atoms with Crippen LogP contribution in [0.4, 0.5) is 11.6 Å². The molecular weight excluding hydrogens is 448 g/mol. The summed E-state index contributed by atoms with van der Waals surface area (Å²) in [5.41, 5.74) is 14.9. The van der Waals surface area contributed by atoms with Gasteiger partial charge in [0, 0.05) is 29.6 Å². The Morgan fingerprint density at radius 2 is 2.03 bits per heavy atom. The molecule has 0 aliphatic heterocycles. The van der Waals surface area contributed by atoms with Gasteiger partial charge < -0.3 is 16.4 Å². The van der Waals surface area contributed by atoms with Crippen molar-refractivity contribution in [2.45, 2.75) is 39.7 Å². The highest BCUT2D eigenvalue weighted by Crippen LogP contribution is 2.28. The van der Waals surface area contributed by atoms with E-state index < -0.39 is 0 Å². The second-order valence-corrected chi connectivity index (χ2v) is 8.06. The van der Waals surface area contributed by atoms with Crippen LogP contribution >= 0.6 is 0 Å². The first kappa shape index (κ1) is 23.5. The number of aromatic nitrogens is 7. The molecule has 35 heavy (non-hydrogen) atoms. The lowest BCUT2D eigenvalue weighted by Crippen LogP contribution is -2.35. The van der Waals surface area contributed by atoms with E-state index in [-0.39, 0.29) is 29.4 Å². The van der Waals surface area contributed by atoms with Gasteiger partial charge >= 0.3 is 0 Å². The highest BCUT2D eigenvalue weighted by molar-refractivity contribution is 6.00. The van der Waals surface area contributed by atoms with Gasteiger partial charge in [-0.1, -0.05) is 6.08 Å². The average molecular weight is 475 g/mol. The molecule has 4 rings (SSSR count). The number of nitrogen functional groups attached to an aromatic ring is 2. The van der Waals surface area contributed by atoms with Crippen molar-refractivity contribution in [3.05, 3.63) is 60.2 Å². The molecule has 0 spiro atoms. The largest absolute Gasteiger partial charge is 0.384 e. The van der Waals surface area contributed by atoms with Crippen LogP contribution in [0.5, 0.6) is 0 Å². The van der Waals surface area contributed by atoms with Crippen molar-refractivity contribution >= 4 is 29.0 Å². The zero-order valence-corrected chi connectivity index (χ0v) is 19.6. The minimum atomic E-state index is -0.309. The number of hydrogen-bond acceptors (Lipinski definition) is 9. The van der Waals surface area contributed by atoms with Crippen molar-refractivity contribution in [2.24, 2.45) is 0 Å². The van der Waals surface area contributed by atoms with Crippen molar-refractivity contribution in [2.75, 3.05) is 11.5 Å². The number of carbonyl (C=O) groups excluding carboxylic acids is 2. The van der Waals surface area contributed by atoms with E-state index in [2.05, 4.69) is 25.3 Å². The zero-order chi connectivity index (χ0) is 25.1. The fraction of sp³-hybridized carbons (Fsp3) is 0.261. The second-order valence-electron chi connectivity index (χ2n) is 8.06. The molecule has 1 amide bonds. The number of hydrogen-bond donors (Lipinski definition) is 3. The number of rotatable bonds is 8. The third kappa shape index (κ3) is 4.58. The molecule has 12 heteroatoms. The van der Waals surface area contributed by atoms with Gasteiger partial charge in [0.25, 0.3) is 5.91 Å². The van der Waals surface area contributed by atoms with Gasteiger partial charge in [0.1, 0.15) is 18.0 Å². The minimum absolute atomic E-state index is 0.143. The van der Waals surface area contributed by atoms with Crippen LogP contribution < -0.4 is 11.5 Å². The van der Waals surface area contributed by atoms with E-state index in [1.807, 2.05) is 19.9 Å². The first-order valence-corrected chi connectivity index (χ1v) is 11.0. The first-order chi connectivity index (χ1) is 16.8. The highest BCUT2D eigenvalue weighted by Gasteiger charge is 2.24. The molecule has 0 aromatic carbocycles. The average Bonchev–Trinajstić information content (AvgIpc) is 3.51. The zero-order valence-electron chi connectivity index (χ0n) is 19.6. The van der Waals surface area contributed by atoms with Crippen LogP contribution in [-0.4, -0.2) is 57.4 Å². The molecule has 0 bridgehead atoms. The number of nitrogens with zero attached hydrogens (tertiary/aromatic N) is 7. The van der Waals surface area contributed by atoms with Crippen LogP contribution in [0.25, 0.3) is 16.8 Å². The number of pyridine rings is 1. The summed E-state index contributed by atoms with van der Waals surface area (Å²) in [4.78, 5) is 39.8. The predicted molar refractivity (Wildman–Crippen MR) is 130 cm³/mol. The second kappa shape index (κ2) is 9.71. The predicted octanol–water partition coefficient (Wildman–Crippen LogP) is 2.27. The van der Waals surface area contributed by atoms with Gasteiger partial charge in [0.2, 0.25) is 5.82 Å². The Balaban J connectivity index is 1.68. The Kier molecular flexibility index (Phi) is 6.53. The summed E-state index contributed by atoms with van der Waals surface area (Å²) in [6.07, 6.45) is 8.93. The van der Waals surface area contributed by atoms with Gasteiger partial charge in [0.05, 0.1) is 17.5 Å². The number of aromatic amines is 1. The van der Waals surface area contributed by atoms with Crippen LogP contribution in [-0.2, 0) is 6.42 Å². The number of allylic oxidation sites excluding steroid dienone is 1. The van der Waals surface area contributed by atoms with Crippen molar-refractivity contribution in [3.8, 4) is 11.1 Å². The number of anilines is 2. The maximum Gasteiger partial charge on any atom is 0.295 e. The van der Waals surface area contributed by atoms with Gasteiger partial charge in [-0.25, -0.2) is 15.0 Å². The quantitative estimate of drug-likeness (QED) is 0.324. The van der Waals surface area contributed by atoms with E-state index in [9.17, 15) is 9.59 Å². The monoisotopic (exact) mass is 474 g/mol. The van der Waals surface area contributed by atoms with Gasteiger partial charge in [-0.05, 0) is 45.7 Å². The SMILES string of the molecule is C/C=C\N(C(=O)c1ncn[nH]1)[C@H](C)CCc1nc2c(-c3ccc(N)nc3)cnn2c(N)c1C(C)=O. The Hall–Kier alpha value is -4.61. The normalized spacial score (nSPS) is 12.3. The maximum atomic E-state index is 12.9. The van der Waals surface area contributed by atoms with Gasteiger partial charge in [0.15, 0.2) is 11.4 Å². The molecule has 180 valence electrons. The molecule has 4 aromatic rings. The first-order valence-electron chi connectivity index (χ1n) is 11.0. The topological polar surface area (TPSA) is 174 Å². The molecule has 4 aromatic heterocycles. The van der Waals surface area contributed by atoms with Gasteiger partial charge in [-0.3, -0.25) is 14.7 Å². The number of fused-ring (bicyclic) bond motifs is 1. The molecule has 0 unspecified atom stereocenters. The van der Waals surface area contributed by atoms with Crippen LogP contribution in [0.3, 0.4) is 0 Å². The summed E-state index contributed by atoms with van der Waals surface area (Å²) < 4.78 is 1.45. The van der Waals surface area contributed by atoms with Crippen molar-refractivity contribution < 1.29 is 9.59 Å². The standard InChI is InChI=1S/C23H26N10O2/c1-4-9-32(23(35)21-27-12-28-31-21)13(2)5-7-17-19(14(3)34)20(25)33-22(30-17)16(11-29-33)15-6-8-18(24)26-10-15/h4,6,8-13H,5,7,25H2,1-3H3,(H2,24,26)(H,27,28,31)/b9-4-/t13-/m1/s1. The van der Waals surface area contributed by atoms with Crippen LogP contribution in [0.2, 0.25) is 0 Å². The van der Waals surface area contributed by atoms with Gasteiger partial charge in [-0.15, -0.1) is 0 Å². The number of amides is 1. The molecule has 5 N–H and O–H groups in total. The summed E-state index contributed by atoms with van der Waals surface area (Å²) >= 11 is 0. The van der Waals surface area contributed by atoms with E-state index in [1.54, 1.807) is 35.6 Å². The van der Waals surface area contributed by atoms with Crippen LogP contribution in [0, 0.1) is 0 Å². The van der Waals surface area contributed by atoms with E-state index in [1.165, 1.54) is 17.8 Å². The highest BCUT2D eigenvalue weighted by atomic mass is 16.2. The van der Waals surface area contributed by atoms with E-state index in [0.29, 0.717) is 41.1 Å². The molecule has 1 atom stereocenters. The Morgan fingerprint density at radius 1 is 1.23 bits per heavy atom. The molecule has 12 nitrogen and oxygen atoms in total. The number of H-pyrrole nitrogens is 1. The molecule has 0 fully saturated rings. The fourth-order valence-electron chi connectivity index (χ4n) is 3.89. The Morgan fingerprint density at radius 3 is 2.66 bits per heavy atom. The summed E-state index contributed by atoms with van der Waals surface area (Å²) in [5, 5.41) is 10.7. The van der Waals surface area contributed by atoms with Crippen molar-refractivity contribution in [1.29, 1.82) is 0 Å². The summed E-state index contributed by atoms with van der Waals surface area (Å²) in [6.45, 7) is 5.18. The summed E-state index contributed by atoms with van der Waals surface area (Å²) in [5.74, 6) is 0.231. The molecule has 0 saturated heterocycles. The van der Waals surface area contributed by atoms with Crippen molar-refractivity contribution in [3.63, 3.8) is 0 Å². The Labute approximate surface area is 201 Å². The van der Waals surface area contributed by atoms with E-state index in [4.69, 9.17) is 16.5 Å². The summed E-state index contributed by atoms with van der Waals surface area (Å²) in [6, 6.07) is 3.28. The smallest absolute Gasteiger partial charge is 0.295 e.